The van der Waals surface area contributed by atoms with Gasteiger partial charge >= 0.3 is 5.69 Å². The van der Waals surface area contributed by atoms with E-state index in [-0.39, 0.29) is 17.5 Å². The highest BCUT2D eigenvalue weighted by Gasteiger charge is 2.15. The zero-order valence-corrected chi connectivity index (χ0v) is 11.4. The summed E-state index contributed by atoms with van der Waals surface area (Å²) in [6, 6.07) is 7.62. The van der Waals surface area contributed by atoms with E-state index in [1.165, 1.54) is 0 Å². The number of nitrogens with two attached hydrogens (primary N) is 1. The monoisotopic (exact) mass is 289 g/mol. The third-order valence-electron chi connectivity index (χ3n) is 2.64. The topological polar surface area (TPSA) is 116 Å². The molecule has 0 fully saturated rings. The lowest BCUT2D eigenvalue weighted by atomic mass is 10.2. The van der Waals surface area contributed by atoms with E-state index in [2.05, 4.69) is 15.3 Å². The summed E-state index contributed by atoms with van der Waals surface area (Å²) in [5, 5.41) is 13.7. The minimum atomic E-state index is -0.566. The number of nitrogen functional groups attached to an aromatic ring is 1. The summed E-state index contributed by atoms with van der Waals surface area (Å²) < 4.78 is 5.53. The number of aryl methyl sites for hydroxylation is 1. The number of rotatable bonds is 6. The van der Waals surface area contributed by atoms with E-state index in [1.807, 2.05) is 31.2 Å². The first-order chi connectivity index (χ1) is 10.1. The predicted molar refractivity (Wildman–Crippen MR) is 78.3 cm³/mol. The first-order valence-electron chi connectivity index (χ1n) is 6.26. The molecule has 0 amide bonds. The zero-order chi connectivity index (χ0) is 15.2. The van der Waals surface area contributed by atoms with E-state index >= 15 is 0 Å². The van der Waals surface area contributed by atoms with Crippen molar-refractivity contribution in [2.24, 2.45) is 0 Å². The maximum Gasteiger partial charge on any atom is 0.329 e. The van der Waals surface area contributed by atoms with Gasteiger partial charge in [0.25, 0.3) is 0 Å². The van der Waals surface area contributed by atoms with Gasteiger partial charge in [-0.2, -0.15) is 4.98 Å². The van der Waals surface area contributed by atoms with Crippen LogP contribution in [-0.4, -0.2) is 28.0 Å². The Bertz CT molecular complexity index is 647. The fourth-order valence-corrected chi connectivity index (χ4v) is 1.70. The van der Waals surface area contributed by atoms with Gasteiger partial charge in [-0.05, 0) is 24.6 Å². The third-order valence-corrected chi connectivity index (χ3v) is 2.64. The summed E-state index contributed by atoms with van der Waals surface area (Å²) in [5.74, 6) is 0.802. The molecule has 0 bridgehead atoms. The number of aromatic nitrogens is 2. The standard InChI is InChI=1S/C13H15N5O3/c1-9-3-2-4-10(7-9)21-6-5-15-12-11(18(19)20)8-16-13(14)17-12/h2-4,7-8H,5-6H2,1H3,(H3,14,15,16,17). The normalized spacial score (nSPS) is 10.1. The second kappa shape index (κ2) is 6.51. The Morgan fingerprint density at radius 2 is 2.29 bits per heavy atom. The van der Waals surface area contributed by atoms with Crippen molar-refractivity contribution in [1.82, 2.24) is 9.97 Å². The third kappa shape index (κ3) is 4.03. The van der Waals surface area contributed by atoms with Gasteiger partial charge in [-0.15, -0.1) is 0 Å². The van der Waals surface area contributed by atoms with Gasteiger partial charge < -0.3 is 15.8 Å². The first-order valence-corrected chi connectivity index (χ1v) is 6.26. The van der Waals surface area contributed by atoms with Gasteiger partial charge in [0.2, 0.25) is 11.8 Å². The highest BCUT2D eigenvalue weighted by Crippen LogP contribution is 2.20. The van der Waals surface area contributed by atoms with Crippen LogP contribution in [0, 0.1) is 17.0 Å². The molecule has 0 saturated heterocycles. The van der Waals surface area contributed by atoms with E-state index in [9.17, 15) is 10.1 Å². The van der Waals surface area contributed by atoms with E-state index in [0.717, 1.165) is 17.5 Å². The average molecular weight is 289 g/mol. The molecule has 8 nitrogen and oxygen atoms in total. The van der Waals surface area contributed by atoms with Crippen LogP contribution in [0.5, 0.6) is 5.75 Å². The van der Waals surface area contributed by atoms with Gasteiger partial charge in [-0.3, -0.25) is 10.1 Å². The number of nitrogens with zero attached hydrogens (tertiary/aromatic N) is 3. The van der Waals surface area contributed by atoms with Crippen LogP contribution in [0.25, 0.3) is 0 Å². The van der Waals surface area contributed by atoms with Crippen LogP contribution in [0.3, 0.4) is 0 Å². The second-order valence-electron chi connectivity index (χ2n) is 4.31. The molecular formula is C13H15N5O3. The van der Waals surface area contributed by atoms with Crippen molar-refractivity contribution in [3.8, 4) is 5.75 Å². The molecule has 1 heterocycles. The van der Waals surface area contributed by atoms with Crippen molar-refractivity contribution in [2.45, 2.75) is 6.92 Å². The smallest absolute Gasteiger partial charge is 0.329 e. The van der Waals surface area contributed by atoms with E-state index < -0.39 is 4.92 Å². The van der Waals surface area contributed by atoms with Crippen LogP contribution in [0.1, 0.15) is 5.56 Å². The Balaban J connectivity index is 1.91. The highest BCUT2D eigenvalue weighted by atomic mass is 16.6. The van der Waals surface area contributed by atoms with Crippen molar-refractivity contribution in [2.75, 3.05) is 24.2 Å². The molecule has 0 saturated carbocycles. The van der Waals surface area contributed by atoms with Crippen LogP contribution in [-0.2, 0) is 0 Å². The molecule has 21 heavy (non-hydrogen) atoms. The summed E-state index contributed by atoms with van der Waals surface area (Å²) in [4.78, 5) is 17.7. The number of benzene rings is 1. The molecule has 0 aliphatic heterocycles. The predicted octanol–water partition coefficient (Wildman–Crippen LogP) is 1.77. The largest absolute Gasteiger partial charge is 0.492 e. The average Bonchev–Trinajstić information content (AvgIpc) is 2.43. The second-order valence-corrected chi connectivity index (χ2v) is 4.31. The summed E-state index contributed by atoms with van der Waals surface area (Å²) >= 11 is 0. The van der Waals surface area contributed by atoms with E-state index in [1.54, 1.807) is 0 Å². The molecule has 0 unspecified atom stereocenters. The van der Waals surface area contributed by atoms with Crippen LogP contribution < -0.4 is 15.8 Å². The minimum Gasteiger partial charge on any atom is -0.492 e. The Hall–Kier alpha value is -2.90. The molecule has 1 aromatic heterocycles. The SMILES string of the molecule is Cc1cccc(OCCNc2nc(N)ncc2[N+](=O)[O-])c1. The summed E-state index contributed by atoms with van der Waals surface area (Å²) in [6.45, 7) is 2.66. The van der Waals surface area contributed by atoms with Crippen molar-refractivity contribution in [1.29, 1.82) is 0 Å². The van der Waals surface area contributed by atoms with Crippen LogP contribution in [0.4, 0.5) is 17.5 Å². The Morgan fingerprint density at radius 1 is 1.48 bits per heavy atom. The Kier molecular flexibility index (Phi) is 4.50. The Morgan fingerprint density at radius 3 is 3.00 bits per heavy atom. The molecule has 110 valence electrons. The lowest BCUT2D eigenvalue weighted by Gasteiger charge is -2.09. The molecule has 0 aliphatic rings. The lowest BCUT2D eigenvalue weighted by Crippen LogP contribution is -2.14. The Labute approximate surface area is 121 Å². The summed E-state index contributed by atoms with van der Waals surface area (Å²) in [6.07, 6.45) is 1.08. The van der Waals surface area contributed by atoms with Gasteiger partial charge in [0.05, 0.1) is 11.5 Å². The number of anilines is 2. The number of ether oxygens (including phenoxy) is 1. The molecule has 0 aliphatic carbocycles. The molecule has 0 atom stereocenters. The van der Waals surface area contributed by atoms with E-state index in [0.29, 0.717) is 13.2 Å². The van der Waals surface area contributed by atoms with Gasteiger partial charge in [0, 0.05) is 0 Å². The maximum absolute atomic E-state index is 10.8. The molecule has 1 aromatic carbocycles. The molecule has 8 heteroatoms. The fourth-order valence-electron chi connectivity index (χ4n) is 1.70. The van der Waals surface area contributed by atoms with E-state index in [4.69, 9.17) is 10.5 Å². The number of nitro groups is 1. The minimum absolute atomic E-state index is 0.0253. The van der Waals surface area contributed by atoms with Crippen LogP contribution >= 0.6 is 0 Å². The summed E-state index contributed by atoms with van der Waals surface area (Å²) in [5.41, 5.74) is 6.30. The van der Waals surface area contributed by atoms with Crippen molar-refractivity contribution in [3.63, 3.8) is 0 Å². The fraction of sp³-hybridized carbons (Fsp3) is 0.231. The van der Waals surface area contributed by atoms with Gasteiger partial charge in [0.15, 0.2) is 0 Å². The maximum atomic E-state index is 10.8. The molecule has 0 radical (unpaired) electrons. The number of hydrogen-bond acceptors (Lipinski definition) is 7. The summed E-state index contributed by atoms with van der Waals surface area (Å²) in [7, 11) is 0. The van der Waals surface area contributed by atoms with Crippen molar-refractivity contribution in [3.05, 3.63) is 46.1 Å². The lowest BCUT2D eigenvalue weighted by molar-refractivity contribution is -0.384. The zero-order valence-electron chi connectivity index (χ0n) is 11.4. The number of nitrogens with one attached hydrogen (secondary N) is 1. The molecular weight excluding hydrogens is 274 g/mol. The van der Waals surface area contributed by atoms with Crippen LogP contribution in [0.15, 0.2) is 30.5 Å². The highest BCUT2D eigenvalue weighted by molar-refractivity contribution is 5.56. The first kappa shape index (κ1) is 14.5. The van der Waals surface area contributed by atoms with Gasteiger partial charge in [0.1, 0.15) is 18.6 Å². The van der Waals surface area contributed by atoms with Crippen LogP contribution in [0.2, 0.25) is 0 Å². The molecule has 2 aromatic rings. The van der Waals surface area contributed by atoms with Crippen molar-refractivity contribution < 1.29 is 9.66 Å². The van der Waals surface area contributed by atoms with Gasteiger partial charge in [-0.25, -0.2) is 4.98 Å². The molecule has 2 rings (SSSR count). The van der Waals surface area contributed by atoms with Crippen molar-refractivity contribution >= 4 is 17.5 Å². The molecule has 3 N–H and O–H groups in total. The number of hydrogen-bond donors (Lipinski definition) is 2. The molecule has 0 spiro atoms. The van der Waals surface area contributed by atoms with Gasteiger partial charge in [-0.1, -0.05) is 12.1 Å². The quantitative estimate of drug-likeness (QED) is 0.473.